The fourth-order valence-electron chi connectivity index (χ4n) is 1.72. The quantitative estimate of drug-likeness (QED) is 0.886. The summed E-state index contributed by atoms with van der Waals surface area (Å²) in [5.41, 5.74) is 2.54. The van der Waals surface area contributed by atoms with E-state index in [1.54, 1.807) is 11.3 Å². The summed E-state index contributed by atoms with van der Waals surface area (Å²) < 4.78 is 0. The fourth-order valence-corrected chi connectivity index (χ4v) is 2.42. The number of hydrogen-bond acceptors (Lipinski definition) is 3. The van der Waals surface area contributed by atoms with Crippen LogP contribution in [0.3, 0.4) is 0 Å². The maximum Gasteiger partial charge on any atom is 0.254 e. The van der Waals surface area contributed by atoms with Gasteiger partial charge in [-0.3, -0.25) is 4.79 Å². The second-order valence-electron chi connectivity index (χ2n) is 4.47. The number of rotatable bonds is 2. The molecule has 0 spiro atoms. The van der Waals surface area contributed by atoms with Crippen LogP contribution in [0.25, 0.3) is 11.3 Å². The number of nitrogens with one attached hydrogen (secondary N) is 1. The van der Waals surface area contributed by atoms with E-state index in [0.717, 1.165) is 17.1 Å². The highest BCUT2D eigenvalue weighted by Gasteiger charge is 2.13. The molecule has 2 heterocycles. The lowest BCUT2D eigenvalue weighted by atomic mass is 10.1. The molecule has 17 heavy (non-hydrogen) atoms. The predicted molar refractivity (Wildman–Crippen MR) is 71.7 cm³/mol. The highest BCUT2D eigenvalue weighted by molar-refractivity contribution is 7.10. The summed E-state index contributed by atoms with van der Waals surface area (Å²) in [6, 6.07) is 2.03. The Morgan fingerprint density at radius 3 is 2.59 bits per heavy atom. The second kappa shape index (κ2) is 4.45. The van der Waals surface area contributed by atoms with Crippen molar-refractivity contribution in [1.29, 1.82) is 0 Å². The molecule has 0 aliphatic heterocycles. The molecule has 2 rings (SSSR count). The molecule has 4 heteroatoms. The first-order chi connectivity index (χ1) is 8.00. The molecular weight excluding hydrogens is 232 g/mol. The third-order valence-corrected chi connectivity index (χ3v) is 3.68. The van der Waals surface area contributed by atoms with Crippen LogP contribution < -0.4 is 5.56 Å². The van der Waals surface area contributed by atoms with E-state index in [9.17, 15) is 4.79 Å². The maximum absolute atomic E-state index is 11.9. The zero-order chi connectivity index (χ0) is 12.6. The van der Waals surface area contributed by atoms with E-state index in [2.05, 4.69) is 16.9 Å². The van der Waals surface area contributed by atoms with Crippen molar-refractivity contribution in [1.82, 2.24) is 9.97 Å². The van der Waals surface area contributed by atoms with Gasteiger partial charge in [0.05, 0.1) is 5.69 Å². The molecular formula is C13H16N2OS. The number of hydrogen-bond donors (Lipinski definition) is 1. The molecule has 0 saturated carbocycles. The second-order valence-corrected chi connectivity index (χ2v) is 5.59. The summed E-state index contributed by atoms with van der Waals surface area (Å²) in [4.78, 5) is 20.5. The van der Waals surface area contributed by atoms with Crippen LogP contribution >= 0.6 is 11.3 Å². The molecule has 0 atom stereocenters. The molecule has 1 N–H and O–H groups in total. The average Bonchev–Trinajstić information content (AvgIpc) is 2.68. The Balaban J connectivity index is 2.69. The summed E-state index contributed by atoms with van der Waals surface area (Å²) in [6.07, 6.45) is 0. The first kappa shape index (κ1) is 12.0. The number of aromatic nitrogens is 2. The van der Waals surface area contributed by atoms with Gasteiger partial charge in [-0.25, -0.2) is 4.98 Å². The van der Waals surface area contributed by atoms with Crippen LogP contribution in [-0.4, -0.2) is 9.97 Å². The molecule has 0 fully saturated rings. The molecule has 0 bridgehead atoms. The number of thiophene rings is 1. The molecule has 3 nitrogen and oxygen atoms in total. The Kier molecular flexibility index (Phi) is 3.15. The van der Waals surface area contributed by atoms with Crippen LogP contribution in [0, 0.1) is 13.8 Å². The van der Waals surface area contributed by atoms with Crippen LogP contribution in [0.15, 0.2) is 16.2 Å². The lowest BCUT2D eigenvalue weighted by Crippen LogP contribution is -2.16. The largest absolute Gasteiger partial charge is 0.310 e. The van der Waals surface area contributed by atoms with Crippen molar-refractivity contribution in [3.8, 4) is 11.3 Å². The molecule has 0 saturated heterocycles. The van der Waals surface area contributed by atoms with Gasteiger partial charge in [-0.15, -0.1) is 11.3 Å². The van der Waals surface area contributed by atoms with Crippen molar-refractivity contribution >= 4 is 11.3 Å². The van der Waals surface area contributed by atoms with Crippen LogP contribution in [0.5, 0.6) is 0 Å². The number of aryl methyl sites for hydroxylation is 1. The van der Waals surface area contributed by atoms with Crippen molar-refractivity contribution in [2.75, 3.05) is 0 Å². The smallest absolute Gasteiger partial charge is 0.254 e. The molecule has 0 unspecified atom stereocenters. The minimum absolute atomic E-state index is 0.0377. The molecule has 0 aliphatic rings. The topological polar surface area (TPSA) is 45.8 Å². The summed E-state index contributed by atoms with van der Waals surface area (Å²) >= 11 is 1.68. The number of aromatic amines is 1. The van der Waals surface area contributed by atoms with E-state index >= 15 is 0 Å². The summed E-state index contributed by atoms with van der Waals surface area (Å²) in [6.45, 7) is 7.93. The molecule has 0 radical (unpaired) electrons. The zero-order valence-corrected chi connectivity index (χ0v) is 11.3. The van der Waals surface area contributed by atoms with Crippen molar-refractivity contribution in [3.63, 3.8) is 0 Å². The summed E-state index contributed by atoms with van der Waals surface area (Å²) in [7, 11) is 0. The van der Waals surface area contributed by atoms with Crippen LogP contribution in [0.4, 0.5) is 0 Å². The van der Waals surface area contributed by atoms with Crippen molar-refractivity contribution < 1.29 is 0 Å². The number of nitrogens with zero attached hydrogens (tertiary/aromatic N) is 1. The van der Waals surface area contributed by atoms with Gasteiger partial charge >= 0.3 is 0 Å². The standard InChI is InChI=1S/C13H16N2OS/c1-7(2)12-14-11(8(3)13(16)15-12)10-5-6-17-9(10)4/h5-7H,1-4H3,(H,14,15,16). The molecule has 0 aromatic carbocycles. The lowest BCUT2D eigenvalue weighted by Gasteiger charge is -2.09. The third kappa shape index (κ3) is 2.17. The van der Waals surface area contributed by atoms with Crippen molar-refractivity contribution in [3.05, 3.63) is 38.1 Å². The number of H-pyrrole nitrogens is 1. The van der Waals surface area contributed by atoms with Gasteiger partial charge in [-0.1, -0.05) is 13.8 Å². The van der Waals surface area contributed by atoms with Gasteiger partial charge in [0.25, 0.3) is 5.56 Å². The monoisotopic (exact) mass is 248 g/mol. The van der Waals surface area contributed by atoms with Gasteiger partial charge < -0.3 is 4.98 Å². The van der Waals surface area contributed by atoms with Crippen LogP contribution in [0.1, 0.15) is 36.0 Å². The van der Waals surface area contributed by atoms with Gasteiger partial charge in [-0.2, -0.15) is 0 Å². The lowest BCUT2D eigenvalue weighted by molar-refractivity contribution is 0.765. The van der Waals surface area contributed by atoms with Crippen molar-refractivity contribution in [2.45, 2.75) is 33.6 Å². The highest BCUT2D eigenvalue weighted by Crippen LogP contribution is 2.27. The van der Waals surface area contributed by atoms with Gasteiger partial charge in [-0.05, 0) is 25.3 Å². The fraction of sp³-hybridized carbons (Fsp3) is 0.385. The minimum Gasteiger partial charge on any atom is -0.310 e. The van der Waals surface area contributed by atoms with Crippen molar-refractivity contribution in [2.24, 2.45) is 0 Å². The normalized spacial score (nSPS) is 11.1. The predicted octanol–water partition coefficient (Wildman–Crippen LogP) is 3.24. The van der Waals surface area contributed by atoms with E-state index < -0.39 is 0 Å². The molecule has 90 valence electrons. The maximum atomic E-state index is 11.9. The van der Waals surface area contributed by atoms with E-state index in [1.807, 2.05) is 32.2 Å². The van der Waals surface area contributed by atoms with Gasteiger partial charge in [0.2, 0.25) is 0 Å². The molecule has 2 aromatic heterocycles. The van der Waals surface area contributed by atoms with Gasteiger partial charge in [0.1, 0.15) is 5.82 Å². The highest BCUT2D eigenvalue weighted by atomic mass is 32.1. The zero-order valence-electron chi connectivity index (χ0n) is 10.5. The van der Waals surface area contributed by atoms with Crippen LogP contribution in [0.2, 0.25) is 0 Å². The first-order valence-electron chi connectivity index (χ1n) is 5.66. The Morgan fingerprint density at radius 2 is 2.06 bits per heavy atom. The Labute approximate surface area is 105 Å². The van der Waals surface area contributed by atoms with E-state index in [-0.39, 0.29) is 11.5 Å². The first-order valence-corrected chi connectivity index (χ1v) is 6.54. The SMILES string of the molecule is Cc1sccc1-c1nc(C(C)C)[nH]c(=O)c1C. The molecule has 0 amide bonds. The van der Waals surface area contributed by atoms with E-state index in [4.69, 9.17) is 0 Å². The summed E-state index contributed by atoms with van der Waals surface area (Å²) in [5.74, 6) is 0.974. The molecule has 0 aliphatic carbocycles. The Hall–Kier alpha value is -1.42. The van der Waals surface area contributed by atoms with E-state index in [0.29, 0.717) is 5.56 Å². The van der Waals surface area contributed by atoms with E-state index in [1.165, 1.54) is 4.88 Å². The average molecular weight is 248 g/mol. The van der Waals surface area contributed by atoms with Crippen LogP contribution in [-0.2, 0) is 0 Å². The summed E-state index contributed by atoms with van der Waals surface area (Å²) in [5, 5.41) is 2.03. The third-order valence-electron chi connectivity index (χ3n) is 2.83. The molecule has 2 aromatic rings. The Bertz CT molecular complexity index is 596. The van der Waals surface area contributed by atoms with Gasteiger partial charge in [0, 0.05) is 21.9 Å². The Morgan fingerprint density at radius 1 is 1.35 bits per heavy atom. The van der Waals surface area contributed by atoms with Gasteiger partial charge in [0.15, 0.2) is 0 Å². The minimum atomic E-state index is -0.0377.